The summed E-state index contributed by atoms with van der Waals surface area (Å²) in [7, 11) is 1.63. The van der Waals surface area contributed by atoms with Crippen molar-refractivity contribution in [3.05, 3.63) is 59.7 Å². The SMILES string of the molecule is CCNC(=NCc1ccc(C#N)cc1)NCC(C)Oc1ccccc1OC. The second kappa shape index (κ2) is 10.7. The van der Waals surface area contributed by atoms with Crippen molar-refractivity contribution in [1.82, 2.24) is 10.6 Å². The zero-order valence-electron chi connectivity index (χ0n) is 16.0. The van der Waals surface area contributed by atoms with Gasteiger partial charge in [0.25, 0.3) is 0 Å². The van der Waals surface area contributed by atoms with E-state index < -0.39 is 0 Å². The highest BCUT2D eigenvalue weighted by Gasteiger charge is 2.09. The molecule has 0 aliphatic rings. The standard InChI is InChI=1S/C21H26N4O2/c1-4-23-21(25-15-18-11-9-17(13-22)10-12-18)24-14-16(2)27-20-8-6-5-7-19(20)26-3/h5-12,16H,4,14-15H2,1-3H3,(H2,23,24,25). The molecule has 2 aromatic carbocycles. The normalized spacial score (nSPS) is 12.0. The van der Waals surface area contributed by atoms with Crippen LogP contribution in [-0.4, -0.2) is 32.3 Å². The molecule has 1 atom stereocenters. The number of nitrogens with zero attached hydrogens (tertiary/aromatic N) is 2. The third kappa shape index (κ3) is 6.55. The third-order valence-corrected chi connectivity index (χ3v) is 3.80. The minimum atomic E-state index is -0.0694. The molecule has 6 heteroatoms. The van der Waals surface area contributed by atoms with Gasteiger partial charge in [0.1, 0.15) is 6.10 Å². The lowest BCUT2D eigenvalue weighted by Crippen LogP contribution is -2.41. The average Bonchev–Trinajstić information content (AvgIpc) is 2.71. The Labute approximate surface area is 160 Å². The maximum absolute atomic E-state index is 8.86. The van der Waals surface area contributed by atoms with E-state index in [1.54, 1.807) is 19.2 Å². The highest BCUT2D eigenvalue weighted by atomic mass is 16.5. The molecule has 0 amide bonds. The number of ether oxygens (including phenoxy) is 2. The molecule has 6 nitrogen and oxygen atoms in total. The van der Waals surface area contributed by atoms with Crippen LogP contribution in [0.3, 0.4) is 0 Å². The predicted octanol–water partition coefficient (Wildman–Crippen LogP) is 3.09. The first-order valence-corrected chi connectivity index (χ1v) is 8.97. The number of nitriles is 1. The number of methoxy groups -OCH3 is 1. The predicted molar refractivity (Wildman–Crippen MR) is 107 cm³/mol. The highest BCUT2D eigenvalue weighted by Crippen LogP contribution is 2.26. The van der Waals surface area contributed by atoms with Crippen LogP contribution in [0.2, 0.25) is 0 Å². The molecule has 1 unspecified atom stereocenters. The van der Waals surface area contributed by atoms with E-state index in [2.05, 4.69) is 21.7 Å². The number of hydrogen-bond acceptors (Lipinski definition) is 4. The molecule has 0 saturated carbocycles. The van der Waals surface area contributed by atoms with E-state index >= 15 is 0 Å². The van der Waals surface area contributed by atoms with Crippen LogP contribution in [0.25, 0.3) is 0 Å². The topological polar surface area (TPSA) is 78.7 Å². The summed E-state index contributed by atoms with van der Waals surface area (Å²) in [6, 6.07) is 17.1. The zero-order valence-corrected chi connectivity index (χ0v) is 16.0. The summed E-state index contributed by atoms with van der Waals surface area (Å²) >= 11 is 0. The van der Waals surface area contributed by atoms with Crippen LogP contribution in [0.1, 0.15) is 25.0 Å². The van der Waals surface area contributed by atoms with Crippen LogP contribution >= 0.6 is 0 Å². The summed E-state index contributed by atoms with van der Waals surface area (Å²) in [5.74, 6) is 2.15. The fourth-order valence-electron chi connectivity index (χ4n) is 2.41. The lowest BCUT2D eigenvalue weighted by Gasteiger charge is -2.19. The Balaban J connectivity index is 1.91. The summed E-state index contributed by atoms with van der Waals surface area (Å²) in [5.41, 5.74) is 1.69. The van der Waals surface area contributed by atoms with Crippen molar-refractivity contribution in [1.29, 1.82) is 5.26 Å². The Bertz CT molecular complexity index is 782. The molecule has 0 fully saturated rings. The van der Waals surface area contributed by atoms with Gasteiger partial charge in [0, 0.05) is 6.54 Å². The van der Waals surface area contributed by atoms with Gasteiger partial charge in [-0.3, -0.25) is 0 Å². The summed E-state index contributed by atoms with van der Waals surface area (Å²) in [6.07, 6.45) is -0.0694. The Hall–Kier alpha value is -3.20. The van der Waals surface area contributed by atoms with Crippen LogP contribution in [0.4, 0.5) is 0 Å². The molecule has 0 aromatic heterocycles. The minimum Gasteiger partial charge on any atom is -0.493 e. The van der Waals surface area contributed by atoms with Crippen molar-refractivity contribution in [3.63, 3.8) is 0 Å². The number of para-hydroxylation sites is 2. The van der Waals surface area contributed by atoms with Crippen LogP contribution in [0, 0.1) is 11.3 Å². The maximum atomic E-state index is 8.86. The molecule has 0 heterocycles. The van der Waals surface area contributed by atoms with Crippen molar-refractivity contribution in [2.75, 3.05) is 20.2 Å². The fourth-order valence-corrected chi connectivity index (χ4v) is 2.41. The number of benzene rings is 2. The van der Waals surface area contributed by atoms with E-state index in [-0.39, 0.29) is 6.10 Å². The Kier molecular flexibility index (Phi) is 7.98. The van der Waals surface area contributed by atoms with Gasteiger partial charge >= 0.3 is 0 Å². The first-order valence-electron chi connectivity index (χ1n) is 8.97. The molecule has 0 spiro atoms. The van der Waals surface area contributed by atoms with Crippen LogP contribution in [0.5, 0.6) is 11.5 Å². The Morgan fingerprint density at radius 3 is 2.44 bits per heavy atom. The lowest BCUT2D eigenvalue weighted by atomic mass is 10.1. The zero-order chi connectivity index (χ0) is 19.5. The number of hydrogen-bond donors (Lipinski definition) is 2. The number of aliphatic imine (C=N–C) groups is 1. The fraction of sp³-hybridized carbons (Fsp3) is 0.333. The summed E-state index contributed by atoms with van der Waals surface area (Å²) in [6.45, 7) is 5.90. The van der Waals surface area contributed by atoms with E-state index in [1.165, 1.54) is 0 Å². The van der Waals surface area contributed by atoms with E-state index in [0.717, 1.165) is 18.1 Å². The van der Waals surface area contributed by atoms with Crippen molar-refractivity contribution in [2.45, 2.75) is 26.5 Å². The first kappa shape index (κ1) is 20.1. The van der Waals surface area contributed by atoms with E-state index in [9.17, 15) is 0 Å². The second-order valence-corrected chi connectivity index (χ2v) is 5.96. The summed E-state index contributed by atoms with van der Waals surface area (Å²) in [4.78, 5) is 4.58. The van der Waals surface area contributed by atoms with Gasteiger partial charge in [-0.1, -0.05) is 24.3 Å². The highest BCUT2D eigenvalue weighted by molar-refractivity contribution is 5.79. The molecular weight excluding hydrogens is 340 g/mol. The van der Waals surface area contributed by atoms with E-state index in [0.29, 0.717) is 30.2 Å². The van der Waals surface area contributed by atoms with Crippen LogP contribution < -0.4 is 20.1 Å². The van der Waals surface area contributed by atoms with Gasteiger partial charge in [-0.2, -0.15) is 5.26 Å². The monoisotopic (exact) mass is 366 g/mol. The largest absolute Gasteiger partial charge is 0.493 e. The molecule has 0 saturated heterocycles. The number of guanidine groups is 1. The molecular formula is C21H26N4O2. The summed E-state index contributed by atoms with van der Waals surface area (Å²) < 4.78 is 11.3. The molecule has 2 N–H and O–H groups in total. The third-order valence-electron chi connectivity index (χ3n) is 3.80. The maximum Gasteiger partial charge on any atom is 0.191 e. The van der Waals surface area contributed by atoms with Gasteiger partial charge in [0.15, 0.2) is 17.5 Å². The smallest absolute Gasteiger partial charge is 0.191 e. The summed E-state index contributed by atoms with van der Waals surface area (Å²) in [5, 5.41) is 15.4. The minimum absolute atomic E-state index is 0.0694. The second-order valence-electron chi connectivity index (χ2n) is 5.96. The molecule has 0 radical (unpaired) electrons. The van der Waals surface area contributed by atoms with Gasteiger partial charge in [-0.15, -0.1) is 0 Å². The first-order chi connectivity index (χ1) is 13.2. The number of nitrogens with one attached hydrogen (secondary N) is 2. The molecule has 0 aliphatic heterocycles. The van der Waals surface area contributed by atoms with Gasteiger partial charge < -0.3 is 20.1 Å². The molecule has 0 bridgehead atoms. The van der Waals surface area contributed by atoms with E-state index in [4.69, 9.17) is 14.7 Å². The number of rotatable bonds is 8. The molecule has 142 valence electrons. The Morgan fingerprint density at radius 2 is 1.81 bits per heavy atom. The molecule has 2 aromatic rings. The van der Waals surface area contributed by atoms with E-state index in [1.807, 2.05) is 50.2 Å². The molecule has 27 heavy (non-hydrogen) atoms. The molecule has 0 aliphatic carbocycles. The van der Waals surface area contributed by atoms with Crippen LogP contribution in [0.15, 0.2) is 53.5 Å². The van der Waals surface area contributed by atoms with Gasteiger partial charge in [0.05, 0.1) is 31.8 Å². The molecule has 2 rings (SSSR count). The van der Waals surface area contributed by atoms with Gasteiger partial charge in [-0.25, -0.2) is 4.99 Å². The van der Waals surface area contributed by atoms with Crippen molar-refractivity contribution < 1.29 is 9.47 Å². The van der Waals surface area contributed by atoms with Gasteiger partial charge in [-0.05, 0) is 43.7 Å². The van der Waals surface area contributed by atoms with Crippen LogP contribution in [-0.2, 0) is 6.54 Å². The quantitative estimate of drug-likeness (QED) is 0.554. The lowest BCUT2D eigenvalue weighted by molar-refractivity contribution is 0.213. The van der Waals surface area contributed by atoms with Crippen molar-refractivity contribution in [3.8, 4) is 17.6 Å². The Morgan fingerprint density at radius 1 is 1.11 bits per heavy atom. The van der Waals surface area contributed by atoms with Gasteiger partial charge in [0.2, 0.25) is 0 Å². The van der Waals surface area contributed by atoms with Crippen molar-refractivity contribution >= 4 is 5.96 Å². The average molecular weight is 366 g/mol. The van der Waals surface area contributed by atoms with Crippen molar-refractivity contribution in [2.24, 2.45) is 4.99 Å².